The van der Waals surface area contributed by atoms with E-state index in [2.05, 4.69) is 26.8 Å². The Morgan fingerprint density at radius 2 is 1.28 bits per heavy atom. The first kappa shape index (κ1) is 53.3. The Hall–Kier alpha value is -2.00. The molecule has 4 saturated carbocycles. The van der Waals surface area contributed by atoms with Crippen LogP contribution in [0.3, 0.4) is 0 Å². The lowest BCUT2D eigenvalue weighted by Gasteiger charge is -2.71. The molecule has 3 saturated heterocycles. The third-order valence-corrected chi connectivity index (χ3v) is 19.5. The molecule has 8 rings (SSSR count). The highest BCUT2D eigenvalue weighted by molar-refractivity contribution is 5.81. The lowest BCUT2D eigenvalue weighted by molar-refractivity contribution is -0.373. The van der Waals surface area contributed by atoms with Crippen LogP contribution in [0.25, 0.3) is 0 Å². The van der Waals surface area contributed by atoms with E-state index in [1.54, 1.807) is 0 Å². The van der Waals surface area contributed by atoms with Gasteiger partial charge in [0.2, 0.25) is 6.29 Å². The van der Waals surface area contributed by atoms with Gasteiger partial charge in [-0.05, 0) is 98.7 Å². The van der Waals surface area contributed by atoms with E-state index >= 15 is 0 Å². The summed E-state index contributed by atoms with van der Waals surface area (Å²) in [7, 11) is 1.33. The predicted octanol–water partition coefficient (Wildman–Crippen LogP) is -2.12. The van der Waals surface area contributed by atoms with Crippen molar-refractivity contribution >= 4 is 11.9 Å². The Labute approximate surface area is 401 Å². The summed E-state index contributed by atoms with van der Waals surface area (Å²) in [6, 6.07) is 0. The Kier molecular flexibility index (Phi) is 14.7. The summed E-state index contributed by atoms with van der Waals surface area (Å²) in [5, 5.41) is 129. The van der Waals surface area contributed by atoms with Gasteiger partial charge < -0.3 is 94.4 Å². The molecule has 0 aromatic carbocycles. The Morgan fingerprint density at radius 3 is 1.88 bits per heavy atom. The van der Waals surface area contributed by atoms with Crippen LogP contribution in [0.15, 0.2) is 11.6 Å². The molecule has 21 nitrogen and oxygen atoms in total. The van der Waals surface area contributed by atoms with Crippen molar-refractivity contribution in [1.29, 1.82) is 0 Å². The third-order valence-electron chi connectivity index (χ3n) is 19.5. The van der Waals surface area contributed by atoms with E-state index in [1.807, 2.05) is 13.8 Å². The number of ether oxygens (including phenoxy) is 7. The maximum atomic E-state index is 14.8. The molecule has 0 radical (unpaired) electrons. The van der Waals surface area contributed by atoms with Gasteiger partial charge in [0.25, 0.3) is 0 Å². The first-order valence-electron chi connectivity index (χ1n) is 24.5. The zero-order valence-corrected chi connectivity index (χ0v) is 40.3. The maximum Gasteiger partial charge on any atom is 0.315 e. The molecule has 8 aliphatic rings. The molecule has 25 unspecified atom stereocenters. The van der Waals surface area contributed by atoms with Gasteiger partial charge in [-0.2, -0.15) is 0 Å². The van der Waals surface area contributed by atoms with Crippen LogP contribution >= 0.6 is 0 Å². The molecule has 3 aliphatic heterocycles. The molecule has 0 aromatic rings. The zero-order chi connectivity index (χ0) is 50.6. The SMILES string of the molecule is COC(=O)C1(C)CCC2(C(=O)OC3OC(CO)C(O)C(O)C3O)CCC3(C)C(=CCC4C5(C)CC(O)C(OC6OCC(O)C(O)C6OC6OC(CO)C(O)C(O)C6O)C(C)(CO)C5CCC43C)C2C1. The van der Waals surface area contributed by atoms with Crippen molar-refractivity contribution in [3.63, 3.8) is 0 Å². The number of carbonyl (C=O) groups is 2. The van der Waals surface area contributed by atoms with Gasteiger partial charge in [0.15, 0.2) is 12.6 Å². The molecule has 0 amide bonds. The zero-order valence-electron chi connectivity index (χ0n) is 40.3. The molecule has 21 heteroatoms. The van der Waals surface area contributed by atoms with Crippen LogP contribution < -0.4 is 0 Å². The quantitative estimate of drug-likeness (QED) is 0.0632. The average Bonchev–Trinajstić information content (AvgIpc) is 3.32. The van der Waals surface area contributed by atoms with Gasteiger partial charge in [-0.1, -0.05) is 39.3 Å². The largest absolute Gasteiger partial charge is 0.469 e. The van der Waals surface area contributed by atoms with Crippen LogP contribution in [-0.4, -0.2) is 205 Å². The smallest absolute Gasteiger partial charge is 0.315 e. The molecule has 12 N–H and O–H groups in total. The van der Waals surface area contributed by atoms with Gasteiger partial charge in [-0.15, -0.1) is 0 Å². The molecule has 0 spiro atoms. The van der Waals surface area contributed by atoms with Gasteiger partial charge in [0.05, 0.1) is 56.6 Å². The number of rotatable bonds is 10. The highest BCUT2D eigenvalue weighted by atomic mass is 16.8. The first-order valence-corrected chi connectivity index (χ1v) is 24.5. The molecule has 0 bridgehead atoms. The van der Waals surface area contributed by atoms with Gasteiger partial charge in [0.1, 0.15) is 67.1 Å². The van der Waals surface area contributed by atoms with Gasteiger partial charge in [-0.25, -0.2) is 0 Å². The third kappa shape index (κ3) is 8.16. The van der Waals surface area contributed by atoms with E-state index in [9.17, 15) is 70.9 Å². The number of esters is 2. The second-order valence-corrected chi connectivity index (χ2v) is 22.9. The molecular weight excluding hydrogens is 913 g/mol. The summed E-state index contributed by atoms with van der Waals surface area (Å²) in [4.78, 5) is 28.3. The molecule has 25 atom stereocenters. The topological polar surface area (TPSA) is 342 Å². The minimum Gasteiger partial charge on any atom is -0.469 e. The van der Waals surface area contributed by atoms with Crippen molar-refractivity contribution in [2.24, 2.45) is 50.2 Å². The van der Waals surface area contributed by atoms with Crippen molar-refractivity contribution in [3.05, 3.63) is 11.6 Å². The predicted molar refractivity (Wildman–Crippen MR) is 233 cm³/mol. The fourth-order valence-electron chi connectivity index (χ4n) is 15.1. The van der Waals surface area contributed by atoms with E-state index in [0.717, 1.165) is 5.57 Å². The summed E-state index contributed by atoms with van der Waals surface area (Å²) >= 11 is 0. The summed E-state index contributed by atoms with van der Waals surface area (Å²) < 4.78 is 40.8. The molecule has 5 aliphatic carbocycles. The van der Waals surface area contributed by atoms with Crippen LogP contribution in [0.1, 0.15) is 92.4 Å². The highest BCUT2D eigenvalue weighted by Crippen LogP contribution is 2.76. The Morgan fingerprint density at radius 1 is 0.667 bits per heavy atom. The highest BCUT2D eigenvalue weighted by Gasteiger charge is 2.72. The van der Waals surface area contributed by atoms with Crippen molar-refractivity contribution in [2.45, 2.75) is 191 Å². The molecule has 7 fully saturated rings. The molecule has 69 heavy (non-hydrogen) atoms. The minimum absolute atomic E-state index is 0.0895. The number of carbonyl (C=O) groups excluding carboxylic acids is 2. The summed E-state index contributed by atoms with van der Waals surface area (Å²) in [5.74, 6) is -1.98. The van der Waals surface area contributed by atoms with E-state index in [1.165, 1.54) is 7.11 Å². The molecule has 0 aromatic heterocycles. The number of hydrogen-bond acceptors (Lipinski definition) is 21. The van der Waals surface area contributed by atoms with Crippen LogP contribution in [0.4, 0.5) is 0 Å². The summed E-state index contributed by atoms with van der Waals surface area (Å²) in [6.07, 6.45) is -19.4. The van der Waals surface area contributed by atoms with E-state index in [-0.39, 0.29) is 31.1 Å². The number of hydrogen-bond donors (Lipinski definition) is 12. The van der Waals surface area contributed by atoms with Crippen molar-refractivity contribution in [3.8, 4) is 0 Å². The van der Waals surface area contributed by atoms with E-state index in [4.69, 9.17) is 33.2 Å². The van der Waals surface area contributed by atoms with Crippen LogP contribution in [0.2, 0.25) is 0 Å². The normalized spacial score (nSPS) is 54.2. The fraction of sp³-hybridized carbons (Fsp3) is 0.917. The van der Waals surface area contributed by atoms with Crippen LogP contribution in [0.5, 0.6) is 0 Å². The lowest BCUT2D eigenvalue weighted by atomic mass is 9.33. The second-order valence-electron chi connectivity index (χ2n) is 22.9. The lowest BCUT2D eigenvalue weighted by Crippen LogP contribution is -2.69. The van der Waals surface area contributed by atoms with Gasteiger partial charge in [-0.3, -0.25) is 9.59 Å². The Bertz CT molecular complexity index is 1920. The van der Waals surface area contributed by atoms with E-state index < -0.39 is 175 Å². The van der Waals surface area contributed by atoms with E-state index in [0.29, 0.717) is 38.5 Å². The van der Waals surface area contributed by atoms with Crippen LogP contribution in [-0.2, 0) is 42.7 Å². The summed E-state index contributed by atoms with van der Waals surface area (Å²) in [6.45, 7) is 7.99. The molecule has 394 valence electrons. The minimum atomic E-state index is -1.84. The van der Waals surface area contributed by atoms with Crippen molar-refractivity contribution < 1.29 is 104 Å². The number of aliphatic hydroxyl groups is 12. The van der Waals surface area contributed by atoms with Crippen LogP contribution in [0, 0.1) is 50.2 Å². The average molecular weight is 989 g/mol. The standard InChI is InChI=1S/C48H76O21/c1-43(41(61)63-6)11-13-48(42(62)69-39-35(60)33(58)31(56)26(18-50)66-39)14-12-46(4)21(22(48)15-43)7-8-28-44(2)16-23(52)37(45(3,20-51)27(44)9-10-47(28,46)5)68-40-36(29(54)24(53)19-64-40)67-38-34(59)32(57)30(55)25(17-49)65-38/h7,22-40,49-60H,8-20H2,1-6H3. The monoisotopic (exact) mass is 988 g/mol. The van der Waals surface area contributed by atoms with Gasteiger partial charge in [0, 0.05) is 5.41 Å². The number of aliphatic hydroxyl groups excluding tert-OH is 12. The Balaban J connectivity index is 1.09. The molecular formula is C48H76O21. The number of methoxy groups -OCH3 is 1. The number of allylic oxidation sites excluding steroid dienone is 2. The van der Waals surface area contributed by atoms with Gasteiger partial charge >= 0.3 is 11.9 Å². The summed E-state index contributed by atoms with van der Waals surface area (Å²) in [5.41, 5.74) is -3.95. The number of fused-ring (bicyclic) bond motifs is 7. The first-order chi connectivity index (χ1) is 32.4. The fourth-order valence-corrected chi connectivity index (χ4v) is 15.1. The second kappa shape index (κ2) is 19.0. The van der Waals surface area contributed by atoms with Crippen molar-refractivity contribution in [1.82, 2.24) is 0 Å². The molecule has 3 heterocycles. The van der Waals surface area contributed by atoms with Crippen molar-refractivity contribution in [2.75, 3.05) is 33.5 Å². The maximum absolute atomic E-state index is 14.8.